The van der Waals surface area contributed by atoms with Crippen LogP contribution in [-0.4, -0.2) is 4.98 Å². The van der Waals surface area contributed by atoms with E-state index < -0.39 is 0 Å². The van der Waals surface area contributed by atoms with Gasteiger partial charge in [-0.15, -0.1) is 11.3 Å². The van der Waals surface area contributed by atoms with Gasteiger partial charge in [0.2, 0.25) is 0 Å². The first-order valence-corrected chi connectivity index (χ1v) is 8.42. The van der Waals surface area contributed by atoms with Gasteiger partial charge in [-0.3, -0.25) is 4.98 Å². The van der Waals surface area contributed by atoms with E-state index in [0.29, 0.717) is 6.04 Å². The largest absolute Gasteiger partial charge is 0.375 e. The van der Waals surface area contributed by atoms with Crippen molar-refractivity contribution in [2.75, 3.05) is 5.32 Å². The molecule has 1 saturated carbocycles. The molecule has 0 aliphatic heterocycles. The fourth-order valence-corrected chi connectivity index (χ4v) is 3.83. The van der Waals surface area contributed by atoms with E-state index in [1.165, 1.54) is 17.7 Å². The van der Waals surface area contributed by atoms with E-state index in [0.717, 1.165) is 27.5 Å². The minimum absolute atomic E-state index is 0.386. The van der Waals surface area contributed by atoms with Crippen molar-refractivity contribution in [2.45, 2.75) is 18.9 Å². The molecule has 0 amide bonds. The van der Waals surface area contributed by atoms with Gasteiger partial charge in [0.1, 0.15) is 0 Å². The van der Waals surface area contributed by atoms with Gasteiger partial charge in [0.25, 0.3) is 0 Å². The zero-order valence-corrected chi connectivity index (χ0v) is 13.0. The highest BCUT2D eigenvalue weighted by Crippen LogP contribution is 2.45. The molecule has 106 valence electrons. The summed E-state index contributed by atoms with van der Waals surface area (Å²) in [5, 5.41) is 7.60. The molecule has 1 aliphatic rings. The van der Waals surface area contributed by atoms with Crippen LogP contribution < -0.4 is 5.32 Å². The smallest absolute Gasteiger partial charge is 0.0948 e. The molecule has 1 aliphatic carbocycles. The van der Waals surface area contributed by atoms with Crippen molar-refractivity contribution >= 4 is 39.5 Å². The molecule has 4 rings (SSSR count). The Morgan fingerprint density at radius 3 is 2.86 bits per heavy atom. The monoisotopic (exact) mass is 314 g/mol. The van der Waals surface area contributed by atoms with E-state index >= 15 is 0 Å². The van der Waals surface area contributed by atoms with Crippen molar-refractivity contribution in [3.8, 4) is 0 Å². The van der Waals surface area contributed by atoms with Crippen LogP contribution in [0.4, 0.5) is 5.69 Å². The molecule has 2 nitrogen and oxygen atoms in total. The molecule has 1 N–H and O–H groups in total. The average Bonchev–Trinajstić information content (AvgIpc) is 3.21. The van der Waals surface area contributed by atoms with Gasteiger partial charge in [-0.25, -0.2) is 0 Å². The lowest BCUT2D eigenvalue weighted by Crippen LogP contribution is -2.12. The fraction of sp³-hybridized carbons (Fsp3) is 0.235. The molecule has 4 heteroatoms. The standard InChI is InChI=1S/C17H15ClN2S/c18-13-7-8-14(17-12(13)3-1-9-19-17)20-16(11-5-6-11)15-4-2-10-21-15/h1-4,7-11,16,20H,5-6H2. The van der Waals surface area contributed by atoms with Crippen molar-refractivity contribution < 1.29 is 0 Å². The summed E-state index contributed by atoms with van der Waals surface area (Å²) in [4.78, 5) is 5.91. The SMILES string of the molecule is Clc1ccc(NC(c2cccs2)C2CC2)c2ncccc12. The summed E-state index contributed by atoms with van der Waals surface area (Å²) in [6, 6.07) is 12.7. The van der Waals surface area contributed by atoms with Gasteiger partial charge in [0, 0.05) is 16.5 Å². The highest BCUT2D eigenvalue weighted by Gasteiger charge is 2.33. The lowest BCUT2D eigenvalue weighted by Gasteiger charge is -2.19. The Balaban J connectivity index is 1.75. The van der Waals surface area contributed by atoms with Gasteiger partial charge in [-0.2, -0.15) is 0 Å². The zero-order valence-electron chi connectivity index (χ0n) is 11.4. The number of thiophene rings is 1. The molecule has 21 heavy (non-hydrogen) atoms. The molecule has 3 aromatic rings. The summed E-state index contributed by atoms with van der Waals surface area (Å²) in [6.45, 7) is 0. The topological polar surface area (TPSA) is 24.9 Å². The number of benzene rings is 1. The third-order valence-electron chi connectivity index (χ3n) is 3.97. The van der Waals surface area contributed by atoms with E-state index in [-0.39, 0.29) is 0 Å². The van der Waals surface area contributed by atoms with Crippen molar-refractivity contribution in [3.63, 3.8) is 0 Å². The molecule has 1 fully saturated rings. The van der Waals surface area contributed by atoms with Gasteiger partial charge in [-0.05, 0) is 54.5 Å². The van der Waals surface area contributed by atoms with Crippen LogP contribution in [-0.2, 0) is 0 Å². The first-order valence-electron chi connectivity index (χ1n) is 7.16. The summed E-state index contributed by atoms with van der Waals surface area (Å²) >= 11 is 8.09. The molecule has 1 unspecified atom stereocenters. The summed E-state index contributed by atoms with van der Waals surface area (Å²) in [7, 11) is 0. The van der Waals surface area contributed by atoms with Crippen LogP contribution in [0.1, 0.15) is 23.8 Å². The van der Waals surface area contributed by atoms with Gasteiger partial charge < -0.3 is 5.32 Å². The first kappa shape index (κ1) is 13.1. The van der Waals surface area contributed by atoms with Crippen LogP contribution in [0.15, 0.2) is 48.0 Å². The zero-order chi connectivity index (χ0) is 14.2. The molecule has 0 radical (unpaired) electrons. The van der Waals surface area contributed by atoms with E-state index in [1.54, 1.807) is 0 Å². The second kappa shape index (κ2) is 5.32. The Morgan fingerprint density at radius 2 is 2.10 bits per heavy atom. The number of nitrogens with zero attached hydrogens (tertiary/aromatic N) is 1. The third kappa shape index (κ3) is 2.52. The lowest BCUT2D eigenvalue weighted by molar-refractivity contribution is 0.692. The Labute approximate surface area is 132 Å². The summed E-state index contributed by atoms with van der Waals surface area (Å²) in [6.07, 6.45) is 4.42. The minimum Gasteiger partial charge on any atom is -0.375 e. The van der Waals surface area contributed by atoms with Crippen LogP contribution in [0.3, 0.4) is 0 Å². The number of hydrogen-bond acceptors (Lipinski definition) is 3. The molecule has 0 saturated heterocycles. The second-order valence-corrected chi connectivity index (χ2v) is 6.86. The number of fused-ring (bicyclic) bond motifs is 1. The lowest BCUT2D eigenvalue weighted by atomic mass is 10.1. The number of nitrogens with one attached hydrogen (secondary N) is 1. The molecule has 1 atom stereocenters. The van der Waals surface area contributed by atoms with Crippen molar-refractivity contribution in [1.82, 2.24) is 4.98 Å². The number of aromatic nitrogens is 1. The third-order valence-corrected chi connectivity index (χ3v) is 5.26. The maximum atomic E-state index is 6.27. The average molecular weight is 315 g/mol. The van der Waals surface area contributed by atoms with Crippen LogP contribution >= 0.6 is 22.9 Å². The van der Waals surface area contributed by atoms with Crippen LogP contribution in [0, 0.1) is 5.92 Å². The molecular formula is C17H15ClN2S. The summed E-state index contributed by atoms with van der Waals surface area (Å²) in [5.74, 6) is 0.734. The summed E-state index contributed by atoms with van der Waals surface area (Å²) < 4.78 is 0. The predicted octanol–water partition coefficient (Wildman–Crippen LogP) is 5.51. The Kier molecular flexibility index (Phi) is 3.32. The Morgan fingerprint density at radius 1 is 1.19 bits per heavy atom. The van der Waals surface area contributed by atoms with Gasteiger partial charge >= 0.3 is 0 Å². The van der Waals surface area contributed by atoms with Gasteiger partial charge in [0.05, 0.1) is 22.3 Å². The molecule has 0 spiro atoms. The fourth-order valence-electron chi connectivity index (χ4n) is 2.74. The van der Waals surface area contributed by atoms with E-state index in [9.17, 15) is 0 Å². The second-order valence-electron chi connectivity index (χ2n) is 5.47. The molecular weight excluding hydrogens is 300 g/mol. The summed E-state index contributed by atoms with van der Waals surface area (Å²) in [5.41, 5.74) is 2.02. The number of anilines is 1. The van der Waals surface area contributed by atoms with Crippen molar-refractivity contribution in [3.05, 3.63) is 57.9 Å². The van der Waals surface area contributed by atoms with Gasteiger partial charge in [0.15, 0.2) is 0 Å². The van der Waals surface area contributed by atoms with E-state index in [4.69, 9.17) is 11.6 Å². The highest BCUT2D eigenvalue weighted by molar-refractivity contribution is 7.10. The minimum atomic E-state index is 0.386. The van der Waals surface area contributed by atoms with Crippen LogP contribution in [0.5, 0.6) is 0 Å². The van der Waals surface area contributed by atoms with E-state index in [2.05, 4.69) is 27.8 Å². The maximum absolute atomic E-state index is 6.27. The Hall–Kier alpha value is -1.58. The van der Waals surface area contributed by atoms with Crippen molar-refractivity contribution in [2.24, 2.45) is 5.92 Å². The highest BCUT2D eigenvalue weighted by atomic mass is 35.5. The number of pyridine rings is 1. The molecule has 2 aromatic heterocycles. The molecule has 1 aromatic carbocycles. The molecule has 2 heterocycles. The van der Waals surface area contributed by atoms with Crippen LogP contribution in [0.2, 0.25) is 5.02 Å². The molecule has 0 bridgehead atoms. The number of halogens is 1. The first-order chi connectivity index (χ1) is 10.3. The quantitative estimate of drug-likeness (QED) is 0.686. The normalized spacial score (nSPS) is 16.0. The maximum Gasteiger partial charge on any atom is 0.0948 e. The van der Waals surface area contributed by atoms with Gasteiger partial charge in [-0.1, -0.05) is 17.7 Å². The Bertz CT molecular complexity index is 766. The van der Waals surface area contributed by atoms with Crippen molar-refractivity contribution in [1.29, 1.82) is 0 Å². The number of hydrogen-bond donors (Lipinski definition) is 1. The number of rotatable bonds is 4. The van der Waals surface area contributed by atoms with Crippen LogP contribution in [0.25, 0.3) is 10.9 Å². The predicted molar refractivity (Wildman–Crippen MR) is 90.2 cm³/mol. The van der Waals surface area contributed by atoms with E-state index in [1.807, 2.05) is 41.8 Å².